The van der Waals surface area contributed by atoms with Crippen LogP contribution in [-0.4, -0.2) is 0 Å². The molecule has 0 N–H and O–H groups in total. The molecule has 9 aromatic rings. The van der Waals surface area contributed by atoms with Gasteiger partial charge in [0.1, 0.15) is 11.2 Å². The maximum atomic E-state index is 6.38. The van der Waals surface area contributed by atoms with Gasteiger partial charge >= 0.3 is 0 Å². The van der Waals surface area contributed by atoms with Crippen molar-refractivity contribution in [1.29, 1.82) is 0 Å². The fraction of sp³-hybridized carbons (Fsp3) is 0.0612. The minimum Gasteiger partial charge on any atom is -0.456 e. The average Bonchev–Trinajstić information content (AvgIpc) is 3.65. The zero-order valence-electron chi connectivity index (χ0n) is 28.2. The first-order chi connectivity index (χ1) is 24.5. The van der Waals surface area contributed by atoms with Gasteiger partial charge in [0.25, 0.3) is 0 Å². The molecule has 0 atom stereocenters. The van der Waals surface area contributed by atoms with Crippen molar-refractivity contribution in [1.82, 2.24) is 0 Å². The molecule has 0 spiro atoms. The van der Waals surface area contributed by atoms with Crippen LogP contribution in [0.4, 0.5) is 0 Å². The molecule has 1 aliphatic rings. The van der Waals surface area contributed by atoms with Gasteiger partial charge in [-0.25, -0.2) is 0 Å². The quantitative estimate of drug-likeness (QED) is 0.175. The molecule has 1 aromatic heterocycles. The number of benzene rings is 8. The van der Waals surface area contributed by atoms with E-state index in [9.17, 15) is 0 Å². The molecular formula is C49H34O. The van der Waals surface area contributed by atoms with Crippen molar-refractivity contribution >= 4 is 66.4 Å². The van der Waals surface area contributed by atoms with E-state index < -0.39 is 0 Å². The van der Waals surface area contributed by atoms with Crippen LogP contribution in [0.15, 0.2) is 151 Å². The number of rotatable bonds is 4. The summed E-state index contributed by atoms with van der Waals surface area (Å²) in [6, 6.07) is 48.8. The van der Waals surface area contributed by atoms with E-state index in [4.69, 9.17) is 4.42 Å². The third kappa shape index (κ3) is 3.78. The Morgan fingerprint density at radius 3 is 1.86 bits per heavy atom. The zero-order chi connectivity index (χ0) is 33.7. The molecule has 10 rings (SSSR count). The summed E-state index contributed by atoms with van der Waals surface area (Å²) < 4.78 is 6.38. The summed E-state index contributed by atoms with van der Waals surface area (Å²) in [6.45, 7) is 13.1. The van der Waals surface area contributed by atoms with Crippen LogP contribution < -0.4 is 0 Å². The lowest BCUT2D eigenvalue weighted by Gasteiger charge is -2.23. The van der Waals surface area contributed by atoms with Crippen molar-refractivity contribution in [2.24, 2.45) is 0 Å². The number of hydrogen-bond donors (Lipinski definition) is 0. The van der Waals surface area contributed by atoms with Gasteiger partial charge in [0.2, 0.25) is 0 Å². The highest BCUT2D eigenvalue weighted by atomic mass is 16.3. The standard InChI is InChI=1S/C49H34O/c1-5-29-14-13-20-33(32(29)6-2)46-36-17-9-7-15-34(36)44(35-16-8-10-18-37(35)46)31-22-25-38-41(28-31)49(3,4)40-26-23-30-24-27-43-48(45(30)47(38)40)39-19-11-12-21-42(39)50-43/h5-28H,1-2H2,3-4H3. The van der Waals surface area contributed by atoms with Crippen molar-refractivity contribution in [3.8, 4) is 33.4 Å². The van der Waals surface area contributed by atoms with E-state index >= 15 is 0 Å². The van der Waals surface area contributed by atoms with Gasteiger partial charge in [0.05, 0.1) is 0 Å². The third-order valence-electron chi connectivity index (χ3n) is 11.2. The van der Waals surface area contributed by atoms with E-state index in [1.807, 2.05) is 18.2 Å². The number of hydrogen-bond acceptors (Lipinski definition) is 1. The number of furan rings is 1. The van der Waals surface area contributed by atoms with Crippen LogP contribution in [0.25, 0.3) is 99.8 Å². The Morgan fingerprint density at radius 1 is 0.500 bits per heavy atom. The van der Waals surface area contributed by atoms with Crippen molar-refractivity contribution in [2.75, 3.05) is 0 Å². The molecule has 0 bridgehead atoms. The first-order valence-corrected chi connectivity index (χ1v) is 17.3. The lowest BCUT2D eigenvalue weighted by molar-refractivity contribution is 0.661. The highest BCUT2D eigenvalue weighted by Crippen LogP contribution is 2.55. The van der Waals surface area contributed by atoms with Gasteiger partial charge in [-0.3, -0.25) is 0 Å². The molecule has 0 fully saturated rings. The van der Waals surface area contributed by atoms with Gasteiger partial charge in [-0.15, -0.1) is 0 Å². The Labute approximate surface area is 291 Å². The molecule has 0 saturated heterocycles. The molecule has 0 saturated carbocycles. The Morgan fingerprint density at radius 2 is 1.16 bits per heavy atom. The monoisotopic (exact) mass is 638 g/mol. The molecule has 1 heterocycles. The maximum Gasteiger partial charge on any atom is 0.136 e. The van der Waals surface area contributed by atoms with Crippen LogP contribution in [0.5, 0.6) is 0 Å². The largest absolute Gasteiger partial charge is 0.456 e. The molecule has 0 radical (unpaired) electrons. The fourth-order valence-electron chi connectivity index (χ4n) is 8.95. The molecule has 1 heteroatoms. The number of para-hydroxylation sites is 1. The van der Waals surface area contributed by atoms with Crippen LogP contribution in [-0.2, 0) is 5.41 Å². The molecule has 0 aliphatic heterocycles. The second-order valence-corrected chi connectivity index (χ2v) is 14.1. The van der Waals surface area contributed by atoms with Crippen LogP contribution in [0, 0.1) is 0 Å². The normalized spacial score (nSPS) is 13.3. The predicted molar refractivity (Wildman–Crippen MR) is 215 cm³/mol. The van der Waals surface area contributed by atoms with Crippen LogP contribution in [0.2, 0.25) is 0 Å². The van der Waals surface area contributed by atoms with Crippen LogP contribution in [0.3, 0.4) is 0 Å². The molecule has 50 heavy (non-hydrogen) atoms. The smallest absolute Gasteiger partial charge is 0.136 e. The van der Waals surface area contributed by atoms with Gasteiger partial charge in [-0.05, 0) is 101 Å². The van der Waals surface area contributed by atoms with E-state index in [1.54, 1.807) is 0 Å². The molecule has 1 nitrogen and oxygen atoms in total. The topological polar surface area (TPSA) is 13.1 Å². The summed E-state index contributed by atoms with van der Waals surface area (Å²) in [5.41, 5.74) is 14.1. The second-order valence-electron chi connectivity index (χ2n) is 14.1. The summed E-state index contributed by atoms with van der Waals surface area (Å²) in [7, 11) is 0. The van der Waals surface area contributed by atoms with Gasteiger partial charge in [0.15, 0.2) is 0 Å². The van der Waals surface area contributed by atoms with E-state index in [0.29, 0.717) is 0 Å². The van der Waals surface area contributed by atoms with Crippen molar-refractivity contribution in [3.63, 3.8) is 0 Å². The Hall–Kier alpha value is -6.18. The number of fused-ring (bicyclic) bond motifs is 11. The van der Waals surface area contributed by atoms with Crippen molar-refractivity contribution < 1.29 is 4.42 Å². The molecular weight excluding hydrogens is 605 g/mol. The van der Waals surface area contributed by atoms with E-state index in [-0.39, 0.29) is 5.41 Å². The average molecular weight is 639 g/mol. The highest BCUT2D eigenvalue weighted by Gasteiger charge is 2.37. The lowest BCUT2D eigenvalue weighted by atomic mass is 9.80. The summed E-state index contributed by atoms with van der Waals surface area (Å²) in [5, 5.41) is 9.83. The first-order valence-electron chi connectivity index (χ1n) is 17.3. The van der Waals surface area contributed by atoms with Crippen LogP contribution in [0.1, 0.15) is 36.1 Å². The summed E-state index contributed by atoms with van der Waals surface area (Å²) >= 11 is 0. The second kappa shape index (κ2) is 10.4. The highest BCUT2D eigenvalue weighted by molar-refractivity contribution is 6.25. The van der Waals surface area contributed by atoms with Gasteiger partial charge in [-0.2, -0.15) is 0 Å². The van der Waals surface area contributed by atoms with E-state index in [1.165, 1.54) is 87.6 Å². The Balaban J connectivity index is 1.27. The van der Waals surface area contributed by atoms with E-state index in [2.05, 4.69) is 154 Å². The summed E-state index contributed by atoms with van der Waals surface area (Å²) in [6.07, 6.45) is 3.89. The molecule has 0 unspecified atom stereocenters. The molecule has 236 valence electrons. The molecule has 8 aromatic carbocycles. The Kier molecular flexibility index (Phi) is 6.00. The lowest BCUT2D eigenvalue weighted by Crippen LogP contribution is -2.15. The molecule has 0 amide bonds. The third-order valence-corrected chi connectivity index (χ3v) is 11.2. The fourth-order valence-corrected chi connectivity index (χ4v) is 8.95. The Bertz CT molecular complexity index is 2870. The zero-order valence-corrected chi connectivity index (χ0v) is 28.2. The maximum absolute atomic E-state index is 6.38. The van der Waals surface area contributed by atoms with Gasteiger partial charge in [0, 0.05) is 21.6 Å². The van der Waals surface area contributed by atoms with Gasteiger partial charge in [-0.1, -0.05) is 154 Å². The molecule has 1 aliphatic carbocycles. The minimum atomic E-state index is -0.188. The van der Waals surface area contributed by atoms with Crippen LogP contribution >= 0.6 is 0 Å². The van der Waals surface area contributed by atoms with Crippen molar-refractivity contribution in [2.45, 2.75) is 19.3 Å². The van der Waals surface area contributed by atoms with E-state index in [0.717, 1.165) is 22.3 Å². The van der Waals surface area contributed by atoms with Crippen molar-refractivity contribution in [3.05, 3.63) is 169 Å². The summed E-state index contributed by atoms with van der Waals surface area (Å²) in [5.74, 6) is 0. The first kappa shape index (κ1) is 28.8. The SMILES string of the molecule is C=Cc1cccc(-c2c3ccccc3c(-c3ccc4c(c3)C(C)(C)c3ccc5ccc6oc7ccccc7c6c5c3-4)c3ccccc23)c1C=C. The summed E-state index contributed by atoms with van der Waals surface area (Å²) in [4.78, 5) is 0. The minimum absolute atomic E-state index is 0.188. The predicted octanol–water partition coefficient (Wildman–Crippen LogP) is 14.0. The van der Waals surface area contributed by atoms with Gasteiger partial charge < -0.3 is 4.42 Å².